The lowest BCUT2D eigenvalue weighted by Gasteiger charge is -2.16. The number of nitrogens with one attached hydrogen (secondary N) is 2. The number of hydrogen-bond acceptors (Lipinski definition) is 6. The highest BCUT2D eigenvalue weighted by Gasteiger charge is 2.17. The third kappa shape index (κ3) is 5.17. The molecule has 0 aromatic carbocycles. The summed E-state index contributed by atoms with van der Waals surface area (Å²) in [6.07, 6.45) is 4.04. The summed E-state index contributed by atoms with van der Waals surface area (Å²) in [7, 11) is 0. The first-order valence-corrected chi connectivity index (χ1v) is 11.4. The van der Waals surface area contributed by atoms with Gasteiger partial charge in [-0.3, -0.25) is 10.2 Å². The SMILES string of the molecule is N=C(c1ccc(C(=O)OCCNC(=O)c2ccc(CI)s2)s1)N1CC=CC1. The normalized spacial score (nSPS) is 13.0. The molecular weight excluding hydrogens is 497 g/mol. The van der Waals surface area contributed by atoms with Crippen molar-refractivity contribution in [1.82, 2.24) is 10.2 Å². The van der Waals surface area contributed by atoms with Gasteiger partial charge in [0.05, 0.1) is 16.3 Å². The van der Waals surface area contributed by atoms with Gasteiger partial charge in [-0.15, -0.1) is 22.7 Å². The molecule has 1 aliphatic rings. The number of carbonyl (C=O) groups excluding carboxylic acids is 2. The zero-order valence-corrected chi connectivity index (χ0v) is 18.2. The summed E-state index contributed by atoms with van der Waals surface area (Å²) in [5.74, 6) is -0.174. The highest BCUT2D eigenvalue weighted by molar-refractivity contribution is 14.1. The lowest BCUT2D eigenvalue weighted by molar-refractivity contribution is 0.0509. The lowest BCUT2D eigenvalue weighted by Crippen LogP contribution is -2.27. The van der Waals surface area contributed by atoms with Crippen LogP contribution in [0.1, 0.15) is 29.1 Å². The van der Waals surface area contributed by atoms with E-state index in [2.05, 4.69) is 27.9 Å². The van der Waals surface area contributed by atoms with Gasteiger partial charge < -0.3 is 15.0 Å². The third-order valence-corrected chi connectivity index (χ3v) is 7.31. The van der Waals surface area contributed by atoms with Crippen molar-refractivity contribution >= 4 is 63.0 Å². The summed E-state index contributed by atoms with van der Waals surface area (Å²) in [5.41, 5.74) is 0. The number of rotatable bonds is 7. The van der Waals surface area contributed by atoms with E-state index in [1.807, 2.05) is 23.1 Å². The van der Waals surface area contributed by atoms with E-state index >= 15 is 0 Å². The van der Waals surface area contributed by atoms with Crippen LogP contribution in [0.3, 0.4) is 0 Å². The molecule has 2 N–H and O–H groups in total. The third-order valence-electron chi connectivity index (χ3n) is 3.81. The lowest BCUT2D eigenvalue weighted by atomic mass is 10.3. The quantitative estimate of drug-likeness (QED) is 0.113. The molecule has 0 spiro atoms. The fourth-order valence-electron chi connectivity index (χ4n) is 2.43. The first-order valence-electron chi connectivity index (χ1n) is 8.27. The molecule has 2 aromatic heterocycles. The van der Waals surface area contributed by atoms with E-state index in [4.69, 9.17) is 10.1 Å². The summed E-state index contributed by atoms with van der Waals surface area (Å²) in [4.78, 5) is 29.1. The fraction of sp³-hybridized carbons (Fsp3) is 0.278. The largest absolute Gasteiger partial charge is 0.460 e. The number of esters is 1. The predicted octanol–water partition coefficient (Wildman–Crippen LogP) is 3.53. The number of alkyl halides is 1. The maximum absolute atomic E-state index is 12.1. The molecule has 2 aromatic rings. The van der Waals surface area contributed by atoms with E-state index in [1.165, 1.54) is 22.7 Å². The minimum Gasteiger partial charge on any atom is -0.460 e. The van der Waals surface area contributed by atoms with E-state index in [1.54, 1.807) is 18.2 Å². The molecule has 6 nitrogen and oxygen atoms in total. The Morgan fingerprint density at radius 1 is 1.11 bits per heavy atom. The topological polar surface area (TPSA) is 82.5 Å². The zero-order valence-electron chi connectivity index (χ0n) is 14.4. The second kappa shape index (κ2) is 9.47. The molecule has 0 unspecified atom stereocenters. The van der Waals surface area contributed by atoms with Crippen molar-refractivity contribution < 1.29 is 14.3 Å². The maximum atomic E-state index is 12.1. The molecule has 1 aliphatic heterocycles. The summed E-state index contributed by atoms with van der Waals surface area (Å²) in [6.45, 7) is 1.81. The van der Waals surface area contributed by atoms with Crippen LogP contribution in [0.25, 0.3) is 0 Å². The number of amides is 1. The molecule has 0 fully saturated rings. The average molecular weight is 515 g/mol. The summed E-state index contributed by atoms with van der Waals surface area (Å²) < 4.78 is 6.10. The van der Waals surface area contributed by atoms with E-state index < -0.39 is 5.97 Å². The Bertz CT molecular complexity index is 867. The van der Waals surface area contributed by atoms with Crippen LogP contribution in [-0.4, -0.2) is 48.9 Å². The van der Waals surface area contributed by atoms with E-state index in [0.717, 1.165) is 27.3 Å². The Balaban J connectivity index is 1.43. The Kier molecular flexibility index (Phi) is 7.02. The minimum atomic E-state index is -0.434. The molecule has 9 heteroatoms. The molecule has 0 saturated carbocycles. The number of ether oxygens (including phenoxy) is 1. The van der Waals surface area contributed by atoms with Gasteiger partial charge in [0, 0.05) is 22.4 Å². The number of amidine groups is 1. The van der Waals surface area contributed by atoms with Crippen molar-refractivity contribution in [2.45, 2.75) is 4.43 Å². The van der Waals surface area contributed by atoms with Crippen molar-refractivity contribution in [3.8, 4) is 0 Å². The van der Waals surface area contributed by atoms with Crippen molar-refractivity contribution in [3.05, 3.63) is 55.9 Å². The van der Waals surface area contributed by atoms with Gasteiger partial charge in [0.15, 0.2) is 0 Å². The second-order valence-electron chi connectivity index (χ2n) is 5.68. The second-order valence-corrected chi connectivity index (χ2v) is 8.70. The molecule has 3 rings (SSSR count). The van der Waals surface area contributed by atoms with Gasteiger partial charge in [-0.1, -0.05) is 34.7 Å². The first-order chi connectivity index (χ1) is 13.1. The van der Waals surface area contributed by atoms with Crippen molar-refractivity contribution in [2.24, 2.45) is 0 Å². The maximum Gasteiger partial charge on any atom is 0.348 e. The molecule has 142 valence electrons. The number of carbonyl (C=O) groups is 2. The van der Waals surface area contributed by atoms with Gasteiger partial charge in [0.2, 0.25) is 0 Å². The smallest absolute Gasteiger partial charge is 0.348 e. The number of halogens is 1. The van der Waals surface area contributed by atoms with Crippen LogP contribution in [0.2, 0.25) is 0 Å². The molecule has 3 heterocycles. The molecular formula is C18H18IN3O3S2. The Hall–Kier alpha value is -1.72. The van der Waals surface area contributed by atoms with Crippen LogP contribution in [0, 0.1) is 5.41 Å². The summed E-state index contributed by atoms with van der Waals surface area (Å²) in [6, 6.07) is 7.19. The molecule has 27 heavy (non-hydrogen) atoms. The Labute approximate surface area is 178 Å². The number of thiophene rings is 2. The van der Waals surface area contributed by atoms with Gasteiger partial charge in [-0.05, 0) is 24.3 Å². The van der Waals surface area contributed by atoms with Crippen LogP contribution >= 0.6 is 45.3 Å². The Morgan fingerprint density at radius 2 is 1.81 bits per heavy atom. The zero-order chi connectivity index (χ0) is 19.2. The Morgan fingerprint density at radius 3 is 2.52 bits per heavy atom. The minimum absolute atomic E-state index is 0.107. The average Bonchev–Trinajstić information content (AvgIpc) is 3.44. The summed E-state index contributed by atoms with van der Waals surface area (Å²) >= 11 is 4.97. The highest BCUT2D eigenvalue weighted by atomic mass is 127. The van der Waals surface area contributed by atoms with Crippen molar-refractivity contribution in [1.29, 1.82) is 5.41 Å². The summed E-state index contributed by atoms with van der Waals surface area (Å²) in [5, 5.41) is 10.9. The van der Waals surface area contributed by atoms with Crippen LogP contribution < -0.4 is 5.32 Å². The molecule has 0 saturated heterocycles. The van der Waals surface area contributed by atoms with E-state index in [0.29, 0.717) is 15.6 Å². The first kappa shape index (κ1) is 20.0. The molecule has 1 amide bonds. The predicted molar refractivity (Wildman–Crippen MR) is 117 cm³/mol. The van der Waals surface area contributed by atoms with Gasteiger partial charge in [-0.25, -0.2) is 4.79 Å². The van der Waals surface area contributed by atoms with Gasteiger partial charge in [0.1, 0.15) is 17.3 Å². The monoisotopic (exact) mass is 515 g/mol. The van der Waals surface area contributed by atoms with Crippen LogP contribution in [0.4, 0.5) is 0 Å². The molecule has 0 bridgehead atoms. The van der Waals surface area contributed by atoms with Crippen molar-refractivity contribution in [2.75, 3.05) is 26.2 Å². The standard InChI is InChI=1S/C18H18IN3O3S2/c19-11-12-3-4-14(26-12)17(23)21-7-10-25-18(24)15-6-5-13(27-15)16(20)22-8-1-2-9-22/h1-6,20H,7-11H2,(H,21,23). The van der Waals surface area contributed by atoms with Gasteiger partial charge >= 0.3 is 5.97 Å². The van der Waals surface area contributed by atoms with Crippen LogP contribution in [0.15, 0.2) is 36.4 Å². The number of nitrogens with zero attached hydrogens (tertiary/aromatic N) is 1. The van der Waals surface area contributed by atoms with E-state index in [9.17, 15) is 9.59 Å². The van der Waals surface area contributed by atoms with Crippen LogP contribution in [-0.2, 0) is 9.16 Å². The van der Waals surface area contributed by atoms with E-state index in [-0.39, 0.29) is 19.1 Å². The van der Waals surface area contributed by atoms with Gasteiger partial charge in [-0.2, -0.15) is 0 Å². The van der Waals surface area contributed by atoms with Gasteiger partial charge in [0.25, 0.3) is 5.91 Å². The fourth-order valence-corrected chi connectivity index (χ4v) is 4.80. The molecule has 0 aliphatic carbocycles. The number of hydrogen-bond donors (Lipinski definition) is 2. The highest BCUT2D eigenvalue weighted by Crippen LogP contribution is 2.21. The molecule has 0 atom stereocenters. The van der Waals surface area contributed by atoms with Crippen molar-refractivity contribution in [3.63, 3.8) is 0 Å². The van der Waals surface area contributed by atoms with Crippen LogP contribution in [0.5, 0.6) is 0 Å². The molecule has 0 radical (unpaired) electrons.